The van der Waals surface area contributed by atoms with E-state index in [0.29, 0.717) is 0 Å². The SMILES string of the molecule is Cc1ccc2nc(CN3CCN(c4ccc5nccn5n4)CC3)[nH]c2c1. The van der Waals surface area contributed by atoms with E-state index in [1.165, 1.54) is 5.56 Å². The molecule has 7 heteroatoms. The lowest BCUT2D eigenvalue weighted by molar-refractivity contribution is 0.244. The number of nitrogens with one attached hydrogen (secondary N) is 1. The average Bonchev–Trinajstić information content (AvgIpc) is 3.27. The Morgan fingerprint density at radius 1 is 1.08 bits per heavy atom. The molecule has 0 bridgehead atoms. The van der Waals surface area contributed by atoms with Gasteiger partial charge in [-0.15, -0.1) is 5.10 Å². The van der Waals surface area contributed by atoms with Crippen LogP contribution in [0.1, 0.15) is 11.4 Å². The number of hydrogen-bond donors (Lipinski definition) is 1. The number of aryl methyl sites for hydroxylation is 1. The molecule has 7 nitrogen and oxygen atoms in total. The van der Waals surface area contributed by atoms with Crippen LogP contribution < -0.4 is 4.90 Å². The van der Waals surface area contributed by atoms with Crippen molar-refractivity contribution in [2.24, 2.45) is 0 Å². The van der Waals surface area contributed by atoms with Crippen LogP contribution in [0.15, 0.2) is 42.7 Å². The van der Waals surface area contributed by atoms with E-state index in [1.807, 2.05) is 16.8 Å². The molecule has 1 aliphatic heterocycles. The molecule has 5 rings (SSSR count). The average molecular weight is 347 g/mol. The second-order valence-electron chi connectivity index (χ2n) is 6.89. The van der Waals surface area contributed by atoms with E-state index in [1.54, 1.807) is 6.20 Å². The first-order valence-corrected chi connectivity index (χ1v) is 8.97. The van der Waals surface area contributed by atoms with Crippen molar-refractivity contribution in [3.8, 4) is 0 Å². The molecule has 4 aromatic rings. The van der Waals surface area contributed by atoms with Gasteiger partial charge >= 0.3 is 0 Å². The molecule has 1 N–H and O–H groups in total. The fourth-order valence-electron chi connectivity index (χ4n) is 3.57. The lowest BCUT2D eigenvalue weighted by Gasteiger charge is -2.34. The third-order valence-corrected chi connectivity index (χ3v) is 5.00. The van der Waals surface area contributed by atoms with E-state index in [-0.39, 0.29) is 0 Å². The Hall–Kier alpha value is -2.93. The molecule has 0 unspecified atom stereocenters. The van der Waals surface area contributed by atoms with Crippen molar-refractivity contribution in [1.82, 2.24) is 29.5 Å². The maximum Gasteiger partial charge on any atom is 0.153 e. The van der Waals surface area contributed by atoms with E-state index >= 15 is 0 Å². The molecule has 0 amide bonds. The summed E-state index contributed by atoms with van der Waals surface area (Å²) in [5.41, 5.74) is 4.30. The summed E-state index contributed by atoms with van der Waals surface area (Å²) in [5.74, 6) is 2.05. The number of imidazole rings is 2. The molecule has 3 aromatic heterocycles. The van der Waals surface area contributed by atoms with Gasteiger partial charge in [0.2, 0.25) is 0 Å². The number of nitrogens with zero attached hydrogens (tertiary/aromatic N) is 6. The number of fused-ring (bicyclic) bond motifs is 2. The van der Waals surface area contributed by atoms with E-state index in [2.05, 4.69) is 56.1 Å². The summed E-state index contributed by atoms with van der Waals surface area (Å²) >= 11 is 0. The van der Waals surface area contributed by atoms with Crippen LogP contribution in [0, 0.1) is 6.92 Å². The van der Waals surface area contributed by atoms with Gasteiger partial charge in [-0.3, -0.25) is 4.90 Å². The summed E-state index contributed by atoms with van der Waals surface area (Å²) in [5, 5.41) is 4.65. The van der Waals surface area contributed by atoms with Crippen molar-refractivity contribution in [2.45, 2.75) is 13.5 Å². The van der Waals surface area contributed by atoms with Crippen LogP contribution in [-0.4, -0.2) is 55.6 Å². The van der Waals surface area contributed by atoms with Gasteiger partial charge in [-0.2, -0.15) is 0 Å². The normalized spacial score (nSPS) is 16.0. The fraction of sp³-hybridized carbons (Fsp3) is 0.316. The molecule has 26 heavy (non-hydrogen) atoms. The predicted octanol–water partition coefficient (Wildman–Crippen LogP) is 2.24. The molecule has 1 fully saturated rings. The molecule has 1 saturated heterocycles. The Kier molecular flexibility index (Phi) is 3.60. The second kappa shape index (κ2) is 6.10. The van der Waals surface area contributed by atoms with Crippen LogP contribution in [0.2, 0.25) is 0 Å². The molecule has 4 heterocycles. The maximum absolute atomic E-state index is 4.72. The topological polar surface area (TPSA) is 65.3 Å². The molecule has 0 radical (unpaired) electrons. The highest BCUT2D eigenvalue weighted by Crippen LogP contribution is 2.17. The first-order chi connectivity index (χ1) is 12.7. The highest BCUT2D eigenvalue weighted by Gasteiger charge is 2.19. The lowest BCUT2D eigenvalue weighted by Crippen LogP contribution is -2.46. The Morgan fingerprint density at radius 2 is 1.96 bits per heavy atom. The summed E-state index contributed by atoms with van der Waals surface area (Å²) in [6, 6.07) is 10.4. The highest BCUT2D eigenvalue weighted by molar-refractivity contribution is 5.75. The van der Waals surface area contributed by atoms with E-state index < -0.39 is 0 Å². The minimum Gasteiger partial charge on any atom is -0.353 e. The smallest absolute Gasteiger partial charge is 0.153 e. The first kappa shape index (κ1) is 15.3. The minimum atomic E-state index is 0.857. The molecular weight excluding hydrogens is 326 g/mol. The van der Waals surface area contributed by atoms with Crippen molar-refractivity contribution in [1.29, 1.82) is 0 Å². The Balaban J connectivity index is 1.26. The molecule has 1 aromatic carbocycles. The number of rotatable bonds is 3. The quantitative estimate of drug-likeness (QED) is 0.616. The zero-order valence-electron chi connectivity index (χ0n) is 14.8. The van der Waals surface area contributed by atoms with Crippen molar-refractivity contribution in [3.05, 3.63) is 54.1 Å². The molecule has 0 spiro atoms. The first-order valence-electron chi connectivity index (χ1n) is 8.97. The van der Waals surface area contributed by atoms with Gasteiger partial charge in [-0.1, -0.05) is 6.07 Å². The Labute approximate surface area is 151 Å². The third kappa shape index (κ3) is 2.80. The van der Waals surface area contributed by atoms with E-state index in [9.17, 15) is 0 Å². The van der Waals surface area contributed by atoms with E-state index in [0.717, 1.165) is 61.0 Å². The van der Waals surface area contributed by atoms with Crippen LogP contribution in [-0.2, 0) is 6.54 Å². The number of H-pyrrole nitrogens is 1. The van der Waals surface area contributed by atoms with Gasteiger partial charge < -0.3 is 9.88 Å². The van der Waals surface area contributed by atoms with Crippen molar-refractivity contribution in [2.75, 3.05) is 31.1 Å². The number of anilines is 1. The number of piperazine rings is 1. The van der Waals surface area contributed by atoms with Gasteiger partial charge in [0.1, 0.15) is 11.6 Å². The molecule has 132 valence electrons. The van der Waals surface area contributed by atoms with Crippen LogP contribution in [0.3, 0.4) is 0 Å². The van der Waals surface area contributed by atoms with Gasteiger partial charge in [-0.05, 0) is 36.8 Å². The minimum absolute atomic E-state index is 0.857. The van der Waals surface area contributed by atoms with Gasteiger partial charge in [-0.25, -0.2) is 14.5 Å². The predicted molar refractivity (Wildman–Crippen MR) is 101 cm³/mol. The van der Waals surface area contributed by atoms with Crippen molar-refractivity contribution >= 4 is 22.5 Å². The summed E-state index contributed by atoms with van der Waals surface area (Å²) < 4.78 is 1.83. The molecule has 1 aliphatic rings. The van der Waals surface area contributed by atoms with Crippen LogP contribution in [0.25, 0.3) is 16.7 Å². The zero-order valence-corrected chi connectivity index (χ0v) is 14.8. The Bertz CT molecular complexity index is 1060. The summed E-state index contributed by atoms with van der Waals surface area (Å²) in [7, 11) is 0. The molecule has 0 atom stereocenters. The molecule has 0 saturated carbocycles. The second-order valence-corrected chi connectivity index (χ2v) is 6.89. The number of hydrogen-bond acceptors (Lipinski definition) is 5. The van der Waals surface area contributed by atoms with Crippen LogP contribution in [0.4, 0.5) is 5.82 Å². The van der Waals surface area contributed by atoms with Crippen LogP contribution in [0.5, 0.6) is 0 Å². The van der Waals surface area contributed by atoms with Crippen molar-refractivity contribution < 1.29 is 0 Å². The fourth-order valence-corrected chi connectivity index (χ4v) is 3.57. The summed E-state index contributed by atoms with van der Waals surface area (Å²) in [4.78, 5) is 17.2. The number of aromatic nitrogens is 5. The zero-order chi connectivity index (χ0) is 17.5. The number of aromatic amines is 1. The van der Waals surface area contributed by atoms with Crippen LogP contribution >= 0.6 is 0 Å². The lowest BCUT2D eigenvalue weighted by atomic mass is 10.2. The largest absolute Gasteiger partial charge is 0.353 e. The van der Waals surface area contributed by atoms with Gasteiger partial charge in [0, 0.05) is 38.6 Å². The highest BCUT2D eigenvalue weighted by atomic mass is 15.4. The third-order valence-electron chi connectivity index (χ3n) is 5.00. The maximum atomic E-state index is 4.72. The monoisotopic (exact) mass is 347 g/mol. The number of benzene rings is 1. The van der Waals surface area contributed by atoms with E-state index in [4.69, 9.17) is 4.98 Å². The summed E-state index contributed by atoms with van der Waals surface area (Å²) in [6.07, 6.45) is 3.66. The van der Waals surface area contributed by atoms with Crippen molar-refractivity contribution in [3.63, 3.8) is 0 Å². The van der Waals surface area contributed by atoms with Gasteiger partial charge in [0.25, 0.3) is 0 Å². The molecule has 0 aliphatic carbocycles. The molecular formula is C19H21N7. The standard InChI is InChI=1S/C19H21N7/c1-14-2-3-15-16(12-14)22-17(21-15)13-24-8-10-25(11-9-24)19-5-4-18-20-6-7-26(18)23-19/h2-7,12H,8-11,13H2,1H3,(H,21,22). The Morgan fingerprint density at radius 3 is 2.85 bits per heavy atom. The van der Waals surface area contributed by atoms with Gasteiger partial charge in [0.15, 0.2) is 5.65 Å². The van der Waals surface area contributed by atoms with Gasteiger partial charge in [0.05, 0.1) is 17.6 Å². The summed E-state index contributed by atoms with van der Waals surface area (Å²) in [6.45, 7) is 6.89.